The van der Waals surface area contributed by atoms with Crippen LogP contribution in [0.25, 0.3) is 0 Å². The summed E-state index contributed by atoms with van der Waals surface area (Å²) >= 11 is 0. The zero-order valence-electron chi connectivity index (χ0n) is 3.81. The topological polar surface area (TPSA) is 62.1 Å². The number of nitrogens with one attached hydrogen (secondary N) is 3. The first-order valence-corrected chi connectivity index (χ1v) is 2.08. The number of rotatable bonds is 0. The Labute approximate surface area is 41.7 Å². The minimum atomic E-state index is -0.0683. The van der Waals surface area contributed by atoms with Gasteiger partial charge in [0, 0.05) is 6.20 Å². The van der Waals surface area contributed by atoms with E-state index in [9.17, 15) is 0 Å². The number of nitrogens with two attached hydrogens (primary N) is 1. The van der Waals surface area contributed by atoms with Gasteiger partial charge in [0.1, 0.15) is 0 Å². The van der Waals surface area contributed by atoms with E-state index in [1.165, 1.54) is 0 Å². The first-order valence-electron chi connectivity index (χ1n) is 2.08. The van der Waals surface area contributed by atoms with Crippen molar-refractivity contribution in [2.45, 2.75) is 6.17 Å². The lowest BCUT2D eigenvalue weighted by Gasteiger charge is -2.14. The standard InChI is InChI=1S/C3H8N4/c4-3-1-2-5-7-6-3/h1-3,5-7H,4H2. The van der Waals surface area contributed by atoms with Crippen molar-refractivity contribution in [3.8, 4) is 0 Å². The highest BCUT2D eigenvalue weighted by Crippen LogP contribution is 1.73. The molecule has 1 atom stereocenters. The van der Waals surface area contributed by atoms with Gasteiger partial charge in [0.2, 0.25) is 0 Å². The van der Waals surface area contributed by atoms with Crippen molar-refractivity contribution in [3.05, 3.63) is 12.3 Å². The van der Waals surface area contributed by atoms with Crippen molar-refractivity contribution >= 4 is 0 Å². The summed E-state index contributed by atoms with van der Waals surface area (Å²) in [5.74, 6) is 0. The first-order chi connectivity index (χ1) is 3.39. The van der Waals surface area contributed by atoms with E-state index >= 15 is 0 Å². The van der Waals surface area contributed by atoms with Gasteiger partial charge >= 0.3 is 0 Å². The van der Waals surface area contributed by atoms with Gasteiger partial charge in [-0.2, -0.15) is 5.53 Å². The Morgan fingerprint density at radius 1 is 1.57 bits per heavy atom. The van der Waals surface area contributed by atoms with Crippen LogP contribution in [0.4, 0.5) is 0 Å². The van der Waals surface area contributed by atoms with Crippen molar-refractivity contribution in [2.75, 3.05) is 0 Å². The second kappa shape index (κ2) is 1.92. The molecule has 0 aromatic rings. The maximum absolute atomic E-state index is 5.33. The molecular formula is C3H8N4. The Kier molecular flexibility index (Phi) is 1.26. The fourth-order valence-corrected chi connectivity index (χ4v) is 0.367. The average Bonchev–Trinajstić information content (AvgIpc) is 1.69. The van der Waals surface area contributed by atoms with Gasteiger partial charge in [-0.15, -0.1) is 0 Å². The van der Waals surface area contributed by atoms with E-state index in [0.717, 1.165) is 0 Å². The second-order valence-corrected chi connectivity index (χ2v) is 1.30. The molecule has 0 fully saturated rings. The van der Waals surface area contributed by atoms with E-state index in [2.05, 4.69) is 16.4 Å². The van der Waals surface area contributed by atoms with E-state index in [1.807, 2.05) is 0 Å². The Balaban J connectivity index is 2.36. The van der Waals surface area contributed by atoms with Crippen molar-refractivity contribution in [1.29, 1.82) is 0 Å². The van der Waals surface area contributed by atoms with Crippen molar-refractivity contribution < 1.29 is 0 Å². The molecule has 4 nitrogen and oxygen atoms in total. The van der Waals surface area contributed by atoms with E-state index < -0.39 is 0 Å². The molecule has 0 aromatic carbocycles. The van der Waals surface area contributed by atoms with Gasteiger partial charge in [0.15, 0.2) is 0 Å². The van der Waals surface area contributed by atoms with Crippen LogP contribution < -0.4 is 22.1 Å². The number of hydrazine groups is 2. The molecule has 0 bridgehead atoms. The smallest absolute Gasteiger partial charge is 0.0903 e. The Morgan fingerprint density at radius 2 is 2.43 bits per heavy atom. The lowest BCUT2D eigenvalue weighted by molar-refractivity contribution is 0.425. The van der Waals surface area contributed by atoms with Crippen molar-refractivity contribution in [2.24, 2.45) is 5.73 Å². The first kappa shape index (κ1) is 4.58. The third-order valence-electron chi connectivity index (χ3n) is 0.698. The molecule has 4 heteroatoms. The molecule has 40 valence electrons. The van der Waals surface area contributed by atoms with Crippen LogP contribution in [0, 0.1) is 0 Å². The van der Waals surface area contributed by atoms with E-state index in [4.69, 9.17) is 5.73 Å². The van der Waals surface area contributed by atoms with Crippen LogP contribution in [0.1, 0.15) is 0 Å². The summed E-state index contributed by atoms with van der Waals surface area (Å²) in [6.45, 7) is 0. The Bertz CT molecular complexity index is 79.0. The lowest BCUT2D eigenvalue weighted by Crippen LogP contribution is -2.53. The predicted octanol–water partition coefficient (Wildman–Crippen LogP) is -1.60. The normalized spacial score (nSPS) is 29.6. The van der Waals surface area contributed by atoms with Crippen LogP contribution in [0.2, 0.25) is 0 Å². The summed E-state index contributed by atoms with van der Waals surface area (Å²) in [5, 5.41) is 0. The molecule has 5 N–H and O–H groups in total. The Hall–Kier alpha value is -0.580. The molecule has 0 saturated heterocycles. The van der Waals surface area contributed by atoms with Crippen molar-refractivity contribution in [1.82, 2.24) is 16.4 Å². The highest BCUT2D eigenvalue weighted by atomic mass is 15.6. The molecule has 1 aliphatic heterocycles. The van der Waals surface area contributed by atoms with Crippen LogP contribution in [0.3, 0.4) is 0 Å². The van der Waals surface area contributed by atoms with Crippen LogP contribution in [0.15, 0.2) is 12.3 Å². The predicted molar refractivity (Wildman–Crippen MR) is 26.5 cm³/mol. The molecule has 1 rings (SSSR count). The fraction of sp³-hybridized carbons (Fsp3) is 0.333. The zero-order valence-corrected chi connectivity index (χ0v) is 3.81. The Morgan fingerprint density at radius 3 is 2.71 bits per heavy atom. The third kappa shape index (κ3) is 1.15. The van der Waals surface area contributed by atoms with Crippen LogP contribution in [-0.4, -0.2) is 6.17 Å². The van der Waals surface area contributed by atoms with Crippen LogP contribution >= 0.6 is 0 Å². The summed E-state index contributed by atoms with van der Waals surface area (Å²) in [7, 11) is 0. The minimum absolute atomic E-state index is 0.0683. The maximum atomic E-state index is 5.33. The van der Waals surface area contributed by atoms with E-state index in [0.29, 0.717) is 0 Å². The number of hydrogen-bond donors (Lipinski definition) is 4. The quantitative estimate of drug-likeness (QED) is 0.296. The monoisotopic (exact) mass is 100 g/mol. The van der Waals surface area contributed by atoms with Crippen LogP contribution in [-0.2, 0) is 0 Å². The van der Waals surface area contributed by atoms with Gasteiger partial charge in [-0.1, -0.05) is 0 Å². The highest BCUT2D eigenvalue weighted by molar-refractivity contribution is 4.89. The number of hydrogen-bond acceptors (Lipinski definition) is 4. The van der Waals surface area contributed by atoms with Crippen molar-refractivity contribution in [3.63, 3.8) is 0 Å². The molecule has 0 aromatic heterocycles. The lowest BCUT2D eigenvalue weighted by atomic mass is 10.5. The minimum Gasteiger partial charge on any atom is -0.316 e. The summed E-state index contributed by atoms with van der Waals surface area (Å²) in [4.78, 5) is 0. The SMILES string of the molecule is NC1C=CNNN1. The third-order valence-corrected chi connectivity index (χ3v) is 0.698. The highest BCUT2D eigenvalue weighted by Gasteiger charge is 1.94. The molecule has 7 heavy (non-hydrogen) atoms. The zero-order chi connectivity index (χ0) is 5.11. The molecule has 1 unspecified atom stereocenters. The molecule has 1 heterocycles. The van der Waals surface area contributed by atoms with Gasteiger partial charge in [-0.05, 0) is 6.08 Å². The molecule has 0 amide bonds. The van der Waals surface area contributed by atoms with Crippen LogP contribution in [0.5, 0.6) is 0 Å². The van der Waals surface area contributed by atoms with Gasteiger partial charge in [0.25, 0.3) is 0 Å². The largest absolute Gasteiger partial charge is 0.316 e. The molecule has 0 saturated carbocycles. The molecule has 1 aliphatic rings. The van der Waals surface area contributed by atoms with Gasteiger partial charge in [0.05, 0.1) is 6.17 Å². The van der Waals surface area contributed by atoms with E-state index in [1.54, 1.807) is 12.3 Å². The molecule has 0 spiro atoms. The molecular weight excluding hydrogens is 92.1 g/mol. The summed E-state index contributed by atoms with van der Waals surface area (Å²) < 4.78 is 0. The van der Waals surface area contributed by atoms with Gasteiger partial charge in [-0.3, -0.25) is 0 Å². The fourth-order valence-electron chi connectivity index (χ4n) is 0.367. The molecule has 0 aliphatic carbocycles. The summed E-state index contributed by atoms with van der Waals surface area (Å²) in [6, 6.07) is 0. The second-order valence-electron chi connectivity index (χ2n) is 1.30. The van der Waals surface area contributed by atoms with Gasteiger partial charge in [-0.25, -0.2) is 5.43 Å². The van der Waals surface area contributed by atoms with Gasteiger partial charge < -0.3 is 11.2 Å². The molecule has 0 radical (unpaired) electrons. The average molecular weight is 100 g/mol. The summed E-state index contributed by atoms with van der Waals surface area (Å²) in [5.41, 5.74) is 13.4. The van der Waals surface area contributed by atoms with E-state index in [-0.39, 0.29) is 6.17 Å². The maximum Gasteiger partial charge on any atom is 0.0903 e. The summed E-state index contributed by atoms with van der Waals surface area (Å²) in [6.07, 6.45) is 3.47.